The first-order valence-corrected chi connectivity index (χ1v) is 11.6. The molecule has 2 aliphatic rings. The molecule has 166 valence electrons. The number of aliphatic hydroxyl groups excluding tert-OH is 1. The maximum absolute atomic E-state index is 9.27. The Bertz CT molecular complexity index is 1090. The van der Waals surface area contributed by atoms with Gasteiger partial charge in [-0.15, -0.1) is 0 Å². The van der Waals surface area contributed by atoms with Crippen LogP contribution in [0.25, 0.3) is 0 Å². The predicted molar refractivity (Wildman–Crippen MR) is 129 cm³/mol. The number of aliphatic hydroxyl groups is 1. The van der Waals surface area contributed by atoms with Crippen molar-refractivity contribution in [3.8, 4) is 0 Å². The van der Waals surface area contributed by atoms with Gasteiger partial charge in [0.15, 0.2) is 0 Å². The lowest BCUT2D eigenvalue weighted by atomic mass is 9.78. The molecular formula is C27H32N4O. The number of nitrogens with zero attached hydrogens (tertiary/aromatic N) is 4. The van der Waals surface area contributed by atoms with Gasteiger partial charge in [0.1, 0.15) is 0 Å². The van der Waals surface area contributed by atoms with E-state index in [9.17, 15) is 5.11 Å². The van der Waals surface area contributed by atoms with Crippen molar-refractivity contribution in [1.82, 2.24) is 9.97 Å². The van der Waals surface area contributed by atoms with Crippen LogP contribution in [0.3, 0.4) is 0 Å². The molecule has 32 heavy (non-hydrogen) atoms. The van der Waals surface area contributed by atoms with Crippen LogP contribution in [0.4, 0.5) is 11.6 Å². The van der Waals surface area contributed by atoms with Crippen LogP contribution in [0.5, 0.6) is 0 Å². The third kappa shape index (κ3) is 3.86. The molecule has 0 atom stereocenters. The Morgan fingerprint density at radius 2 is 1.62 bits per heavy atom. The van der Waals surface area contributed by atoms with Gasteiger partial charge in [-0.2, -0.15) is 0 Å². The Hall–Kier alpha value is -2.92. The SMILES string of the molecule is Cc1ccc(C(C)(C)c2ccc(N3CCc4cnc(N5CC(CO)C5)nc4C3)cc2)cc1. The fourth-order valence-electron chi connectivity index (χ4n) is 4.74. The third-order valence-corrected chi connectivity index (χ3v) is 7.16. The third-order valence-electron chi connectivity index (χ3n) is 7.16. The molecule has 2 aliphatic heterocycles. The molecule has 5 rings (SSSR count). The lowest BCUT2D eigenvalue weighted by Crippen LogP contribution is -2.49. The minimum absolute atomic E-state index is 0.0352. The van der Waals surface area contributed by atoms with E-state index in [-0.39, 0.29) is 12.0 Å². The lowest BCUT2D eigenvalue weighted by Gasteiger charge is -2.39. The summed E-state index contributed by atoms with van der Waals surface area (Å²) >= 11 is 0. The van der Waals surface area contributed by atoms with Gasteiger partial charge in [-0.05, 0) is 42.2 Å². The largest absolute Gasteiger partial charge is 0.396 e. The van der Waals surface area contributed by atoms with Crippen LogP contribution in [0.15, 0.2) is 54.7 Å². The minimum Gasteiger partial charge on any atom is -0.396 e. The molecule has 1 aromatic heterocycles. The highest BCUT2D eigenvalue weighted by molar-refractivity contribution is 5.52. The number of fused-ring (bicyclic) bond motifs is 1. The summed E-state index contributed by atoms with van der Waals surface area (Å²) in [5.74, 6) is 1.15. The average Bonchev–Trinajstić information content (AvgIpc) is 2.78. The van der Waals surface area contributed by atoms with Gasteiger partial charge in [0.2, 0.25) is 5.95 Å². The summed E-state index contributed by atoms with van der Waals surface area (Å²) in [6, 6.07) is 17.9. The summed E-state index contributed by atoms with van der Waals surface area (Å²) < 4.78 is 0. The van der Waals surface area contributed by atoms with Crippen LogP contribution in [-0.4, -0.2) is 41.3 Å². The molecule has 2 aromatic carbocycles. The highest BCUT2D eigenvalue weighted by atomic mass is 16.3. The number of anilines is 2. The molecule has 1 N–H and O–H groups in total. The molecule has 3 heterocycles. The van der Waals surface area contributed by atoms with Crippen molar-refractivity contribution in [3.05, 3.63) is 82.7 Å². The quantitative estimate of drug-likeness (QED) is 0.663. The molecule has 0 saturated carbocycles. The van der Waals surface area contributed by atoms with Crippen LogP contribution in [0.2, 0.25) is 0 Å². The van der Waals surface area contributed by atoms with Gasteiger partial charge in [-0.3, -0.25) is 0 Å². The average molecular weight is 429 g/mol. The topological polar surface area (TPSA) is 52.5 Å². The first-order chi connectivity index (χ1) is 15.4. The monoisotopic (exact) mass is 428 g/mol. The molecular weight excluding hydrogens is 396 g/mol. The number of hydrogen-bond donors (Lipinski definition) is 1. The number of hydrogen-bond acceptors (Lipinski definition) is 5. The minimum atomic E-state index is -0.0352. The summed E-state index contributed by atoms with van der Waals surface area (Å²) in [6.45, 7) is 10.4. The number of benzene rings is 2. The van der Waals surface area contributed by atoms with Crippen LogP contribution in [-0.2, 0) is 18.4 Å². The highest BCUT2D eigenvalue weighted by Gasteiger charge is 2.29. The van der Waals surface area contributed by atoms with E-state index in [1.807, 2.05) is 6.20 Å². The second-order valence-electron chi connectivity index (χ2n) is 9.80. The molecule has 0 unspecified atom stereocenters. The van der Waals surface area contributed by atoms with Crippen molar-refractivity contribution >= 4 is 11.6 Å². The molecule has 0 bridgehead atoms. The predicted octanol–water partition coefficient (Wildman–Crippen LogP) is 4.10. The Kier molecular flexibility index (Phi) is 5.38. The van der Waals surface area contributed by atoms with E-state index < -0.39 is 0 Å². The van der Waals surface area contributed by atoms with E-state index in [0.717, 1.165) is 44.2 Å². The Balaban J connectivity index is 1.32. The van der Waals surface area contributed by atoms with Gasteiger partial charge in [0, 0.05) is 49.5 Å². The van der Waals surface area contributed by atoms with Crippen LogP contribution < -0.4 is 9.80 Å². The van der Waals surface area contributed by atoms with E-state index in [4.69, 9.17) is 4.98 Å². The fourth-order valence-corrected chi connectivity index (χ4v) is 4.74. The lowest BCUT2D eigenvalue weighted by molar-refractivity contribution is 0.199. The molecule has 5 nitrogen and oxygen atoms in total. The van der Waals surface area contributed by atoms with Crippen molar-refractivity contribution in [1.29, 1.82) is 0 Å². The van der Waals surface area contributed by atoms with Crippen molar-refractivity contribution in [2.45, 2.75) is 39.2 Å². The maximum Gasteiger partial charge on any atom is 0.225 e. The molecule has 0 spiro atoms. The number of aryl methyl sites for hydroxylation is 1. The summed E-state index contributed by atoms with van der Waals surface area (Å²) in [6.07, 6.45) is 2.96. The zero-order chi connectivity index (χ0) is 22.3. The summed E-state index contributed by atoms with van der Waals surface area (Å²) in [7, 11) is 0. The second kappa shape index (κ2) is 8.21. The molecule has 0 radical (unpaired) electrons. The molecule has 0 aliphatic carbocycles. The van der Waals surface area contributed by atoms with Gasteiger partial charge in [0.25, 0.3) is 0 Å². The van der Waals surface area contributed by atoms with Crippen LogP contribution >= 0.6 is 0 Å². The van der Waals surface area contributed by atoms with Crippen molar-refractivity contribution in [2.75, 3.05) is 36.0 Å². The zero-order valence-corrected chi connectivity index (χ0v) is 19.3. The molecule has 3 aromatic rings. The van der Waals surface area contributed by atoms with Crippen LogP contribution in [0.1, 0.15) is 41.8 Å². The standard InChI is InChI=1S/C27H32N4O/c1-19-4-6-22(7-5-19)27(2,3)23-8-10-24(11-9-23)30-13-12-21-14-28-26(29-25(21)17-30)31-15-20(16-31)18-32/h4-11,14,20,32H,12-13,15-18H2,1-3H3. The van der Waals surface area contributed by atoms with E-state index in [2.05, 4.69) is 84.1 Å². The molecule has 0 amide bonds. The van der Waals surface area contributed by atoms with Gasteiger partial charge in [-0.25, -0.2) is 9.97 Å². The van der Waals surface area contributed by atoms with E-state index in [1.54, 1.807) is 0 Å². The van der Waals surface area contributed by atoms with Crippen molar-refractivity contribution in [2.24, 2.45) is 5.92 Å². The van der Waals surface area contributed by atoms with Crippen LogP contribution in [0, 0.1) is 12.8 Å². The van der Waals surface area contributed by atoms with Gasteiger partial charge >= 0.3 is 0 Å². The smallest absolute Gasteiger partial charge is 0.225 e. The van der Waals surface area contributed by atoms with Crippen molar-refractivity contribution < 1.29 is 5.11 Å². The van der Waals surface area contributed by atoms with Crippen molar-refractivity contribution in [3.63, 3.8) is 0 Å². The number of rotatable bonds is 5. The summed E-state index contributed by atoms with van der Waals surface area (Å²) in [5, 5.41) is 9.27. The Labute approximate surface area is 190 Å². The molecule has 1 saturated heterocycles. The zero-order valence-electron chi connectivity index (χ0n) is 19.3. The normalized spacial score (nSPS) is 16.6. The van der Waals surface area contributed by atoms with Gasteiger partial charge in [-0.1, -0.05) is 55.8 Å². The fraction of sp³-hybridized carbons (Fsp3) is 0.407. The first-order valence-electron chi connectivity index (χ1n) is 11.6. The second-order valence-corrected chi connectivity index (χ2v) is 9.80. The van der Waals surface area contributed by atoms with E-state index in [0.29, 0.717) is 5.92 Å². The Morgan fingerprint density at radius 1 is 0.969 bits per heavy atom. The van der Waals surface area contributed by atoms with Gasteiger partial charge < -0.3 is 14.9 Å². The highest BCUT2D eigenvalue weighted by Crippen LogP contribution is 2.33. The van der Waals surface area contributed by atoms with Gasteiger partial charge in [0.05, 0.1) is 12.2 Å². The van der Waals surface area contributed by atoms with E-state index in [1.165, 1.54) is 27.9 Å². The maximum atomic E-state index is 9.27. The first kappa shape index (κ1) is 21.0. The summed E-state index contributed by atoms with van der Waals surface area (Å²) in [5.41, 5.74) is 7.53. The Morgan fingerprint density at radius 3 is 2.28 bits per heavy atom. The van der Waals surface area contributed by atoms with E-state index >= 15 is 0 Å². The number of aromatic nitrogens is 2. The molecule has 1 fully saturated rings. The molecule has 5 heteroatoms. The summed E-state index contributed by atoms with van der Waals surface area (Å²) in [4.78, 5) is 14.0.